The van der Waals surface area contributed by atoms with E-state index >= 15 is 0 Å². The molecule has 0 bridgehead atoms. The minimum absolute atomic E-state index is 0.0132. The fourth-order valence-electron chi connectivity index (χ4n) is 2.75. The van der Waals surface area contributed by atoms with E-state index in [1.165, 1.54) is 24.4 Å². The number of hydrogen-bond donors (Lipinski definition) is 1. The number of hydroxylamine groups is 2. The molecule has 0 unspecified atom stereocenters. The molecule has 0 spiro atoms. The number of carbonyl (C=O) groups is 1. The molecule has 27 heavy (non-hydrogen) atoms. The van der Waals surface area contributed by atoms with Crippen LogP contribution in [-0.4, -0.2) is 29.0 Å². The highest BCUT2D eigenvalue weighted by atomic mass is 35.5. The molecule has 3 rings (SSSR count). The van der Waals surface area contributed by atoms with E-state index in [0.29, 0.717) is 13.1 Å². The molecule has 0 atom stereocenters. The first kappa shape index (κ1) is 19.4. The molecule has 1 aromatic carbocycles. The van der Waals surface area contributed by atoms with E-state index in [2.05, 4.69) is 10.3 Å². The van der Waals surface area contributed by atoms with E-state index < -0.39 is 17.6 Å². The van der Waals surface area contributed by atoms with Crippen LogP contribution in [0.3, 0.4) is 0 Å². The lowest BCUT2D eigenvalue weighted by atomic mass is 10.1. The van der Waals surface area contributed by atoms with Crippen molar-refractivity contribution in [1.29, 1.82) is 0 Å². The minimum Gasteiger partial charge on any atom is -0.406 e. The molecule has 0 aliphatic carbocycles. The number of rotatable bonds is 4. The number of aromatic nitrogens is 1. The Bertz CT molecular complexity index is 824. The number of hydrogen-bond acceptors (Lipinski definition) is 4. The number of nitrogens with zero attached hydrogens (tertiary/aromatic N) is 2. The fourth-order valence-corrected chi connectivity index (χ4v) is 2.95. The lowest BCUT2D eigenvalue weighted by molar-refractivity contribution is -0.138. The van der Waals surface area contributed by atoms with Gasteiger partial charge in [0.1, 0.15) is 10.9 Å². The lowest BCUT2D eigenvalue weighted by Gasteiger charge is -2.26. The maximum atomic E-state index is 13.2. The minimum atomic E-state index is -4.58. The predicted octanol–water partition coefficient (Wildman–Crippen LogP) is 4.79. The van der Waals surface area contributed by atoms with Crippen molar-refractivity contribution in [2.24, 2.45) is 0 Å². The van der Waals surface area contributed by atoms with Crippen LogP contribution in [0.4, 0.5) is 18.9 Å². The molecule has 1 aliphatic heterocycles. The highest BCUT2D eigenvalue weighted by Gasteiger charge is 2.32. The lowest BCUT2D eigenvalue weighted by Crippen LogP contribution is -2.32. The zero-order valence-electron chi connectivity index (χ0n) is 14.2. The number of nitrogens with one attached hydrogen (secondary N) is 1. The molecule has 2 heterocycles. The van der Waals surface area contributed by atoms with Gasteiger partial charge in [-0.15, -0.1) is 5.06 Å². The second-order valence-electron chi connectivity index (χ2n) is 6.12. The summed E-state index contributed by atoms with van der Waals surface area (Å²) in [5, 5.41) is 4.02. The molecule has 5 nitrogen and oxygen atoms in total. The molecule has 1 aliphatic rings. The monoisotopic (exact) mass is 399 g/mol. The van der Waals surface area contributed by atoms with Gasteiger partial charge in [-0.1, -0.05) is 18.0 Å². The SMILES string of the molecule is O=C(Nc1cc(ON2CCCCC2)cc(C(F)(F)F)c1)c1cccnc1Cl. The van der Waals surface area contributed by atoms with Crippen LogP contribution in [0.1, 0.15) is 35.2 Å². The average Bonchev–Trinajstić information content (AvgIpc) is 2.62. The van der Waals surface area contributed by atoms with E-state index in [1.54, 1.807) is 5.06 Å². The van der Waals surface area contributed by atoms with Gasteiger partial charge in [-0.25, -0.2) is 4.98 Å². The van der Waals surface area contributed by atoms with Gasteiger partial charge < -0.3 is 10.2 Å². The second-order valence-corrected chi connectivity index (χ2v) is 6.48. The molecule has 1 N–H and O–H groups in total. The van der Waals surface area contributed by atoms with E-state index in [0.717, 1.165) is 31.4 Å². The maximum Gasteiger partial charge on any atom is 0.416 e. The van der Waals surface area contributed by atoms with Crippen molar-refractivity contribution in [1.82, 2.24) is 10.0 Å². The highest BCUT2D eigenvalue weighted by Crippen LogP contribution is 2.35. The molecular formula is C18H17ClF3N3O2. The van der Waals surface area contributed by atoms with Crippen LogP contribution in [0.5, 0.6) is 5.75 Å². The summed E-state index contributed by atoms with van der Waals surface area (Å²) >= 11 is 5.87. The van der Waals surface area contributed by atoms with Crippen molar-refractivity contribution >= 4 is 23.2 Å². The number of halogens is 4. The Morgan fingerprint density at radius 1 is 1.19 bits per heavy atom. The highest BCUT2D eigenvalue weighted by molar-refractivity contribution is 6.33. The van der Waals surface area contributed by atoms with Crippen LogP contribution >= 0.6 is 11.6 Å². The Kier molecular flexibility index (Phi) is 5.86. The third kappa shape index (κ3) is 5.11. The van der Waals surface area contributed by atoms with E-state index in [-0.39, 0.29) is 22.2 Å². The Balaban J connectivity index is 1.85. The predicted molar refractivity (Wildman–Crippen MR) is 94.7 cm³/mol. The molecule has 0 saturated carbocycles. The third-order valence-corrected chi connectivity index (χ3v) is 4.35. The van der Waals surface area contributed by atoms with Crippen molar-refractivity contribution in [3.8, 4) is 5.75 Å². The summed E-state index contributed by atoms with van der Waals surface area (Å²) in [5.74, 6) is -0.643. The van der Waals surface area contributed by atoms with Gasteiger partial charge >= 0.3 is 6.18 Å². The summed E-state index contributed by atoms with van der Waals surface area (Å²) in [6.45, 7) is 1.28. The normalized spacial score (nSPS) is 15.4. The van der Waals surface area contributed by atoms with Crippen LogP contribution in [0.25, 0.3) is 0 Å². The van der Waals surface area contributed by atoms with Crippen LogP contribution < -0.4 is 10.2 Å². The molecule has 144 valence electrons. The van der Waals surface area contributed by atoms with Gasteiger partial charge in [-0.3, -0.25) is 4.79 Å². The molecule has 2 aromatic rings. The standard InChI is InChI=1S/C18H17ClF3N3O2/c19-16-15(5-4-6-23-16)17(26)24-13-9-12(18(20,21)22)10-14(11-13)27-25-7-2-1-3-8-25/h4-6,9-11H,1-3,7-8H2,(H,24,26). The molecule has 0 radical (unpaired) electrons. The van der Waals surface area contributed by atoms with Crippen molar-refractivity contribution < 1.29 is 22.8 Å². The molecular weight excluding hydrogens is 383 g/mol. The fraction of sp³-hybridized carbons (Fsp3) is 0.333. The smallest absolute Gasteiger partial charge is 0.406 e. The number of benzene rings is 1. The summed E-state index contributed by atoms with van der Waals surface area (Å²) < 4.78 is 39.7. The number of carbonyl (C=O) groups excluding carboxylic acids is 1. The molecule has 1 aromatic heterocycles. The first-order chi connectivity index (χ1) is 12.8. The third-order valence-electron chi connectivity index (χ3n) is 4.04. The Hall–Kier alpha value is -2.32. The maximum absolute atomic E-state index is 13.2. The van der Waals surface area contributed by atoms with Crippen molar-refractivity contribution in [3.05, 3.63) is 52.8 Å². The first-order valence-corrected chi connectivity index (χ1v) is 8.78. The van der Waals surface area contributed by atoms with Crippen LogP contribution in [-0.2, 0) is 6.18 Å². The van der Waals surface area contributed by atoms with Crippen LogP contribution in [0.15, 0.2) is 36.5 Å². The second kappa shape index (κ2) is 8.14. The van der Waals surface area contributed by atoms with E-state index in [9.17, 15) is 18.0 Å². The van der Waals surface area contributed by atoms with Crippen molar-refractivity contribution in [2.45, 2.75) is 25.4 Å². The van der Waals surface area contributed by atoms with Gasteiger partial charge in [0, 0.05) is 31.0 Å². The number of alkyl halides is 3. The van der Waals surface area contributed by atoms with Gasteiger partial charge in [0.15, 0.2) is 0 Å². The van der Waals surface area contributed by atoms with Crippen LogP contribution in [0.2, 0.25) is 5.15 Å². The van der Waals surface area contributed by atoms with Gasteiger partial charge in [-0.2, -0.15) is 13.2 Å². The quantitative estimate of drug-likeness (QED) is 0.751. The molecule has 1 saturated heterocycles. The zero-order chi connectivity index (χ0) is 19.4. The Labute approximate surface area is 159 Å². The summed E-state index contributed by atoms with van der Waals surface area (Å²) in [5.41, 5.74) is -0.888. The first-order valence-electron chi connectivity index (χ1n) is 8.40. The Morgan fingerprint density at radius 3 is 2.59 bits per heavy atom. The number of amides is 1. The summed E-state index contributed by atoms with van der Waals surface area (Å²) in [6, 6.07) is 6.07. The summed E-state index contributed by atoms with van der Waals surface area (Å²) in [4.78, 5) is 21.7. The van der Waals surface area contributed by atoms with Gasteiger partial charge in [0.25, 0.3) is 5.91 Å². The van der Waals surface area contributed by atoms with Crippen molar-refractivity contribution in [2.75, 3.05) is 18.4 Å². The average molecular weight is 400 g/mol. The number of pyridine rings is 1. The van der Waals surface area contributed by atoms with Crippen molar-refractivity contribution in [3.63, 3.8) is 0 Å². The Morgan fingerprint density at radius 2 is 1.93 bits per heavy atom. The topological polar surface area (TPSA) is 54.5 Å². The van der Waals surface area contributed by atoms with Gasteiger partial charge in [0.2, 0.25) is 0 Å². The van der Waals surface area contributed by atoms with Crippen LogP contribution in [0, 0.1) is 0 Å². The molecule has 9 heteroatoms. The van der Waals surface area contributed by atoms with E-state index in [1.807, 2.05) is 0 Å². The molecule has 1 fully saturated rings. The summed E-state index contributed by atoms with van der Waals surface area (Å²) in [7, 11) is 0. The van der Waals surface area contributed by atoms with Gasteiger partial charge in [0.05, 0.1) is 11.1 Å². The molecule has 1 amide bonds. The zero-order valence-corrected chi connectivity index (χ0v) is 15.0. The number of piperidine rings is 1. The largest absolute Gasteiger partial charge is 0.416 e. The summed E-state index contributed by atoms with van der Waals surface area (Å²) in [6.07, 6.45) is -0.263. The number of anilines is 1. The van der Waals surface area contributed by atoms with E-state index in [4.69, 9.17) is 16.4 Å². The van der Waals surface area contributed by atoms with Gasteiger partial charge in [-0.05, 0) is 37.1 Å².